The van der Waals surface area contributed by atoms with E-state index < -0.39 is 17.7 Å². The van der Waals surface area contributed by atoms with Gasteiger partial charge in [-0.1, -0.05) is 33.3 Å². The average molecular weight is 352 g/mol. The minimum absolute atomic E-state index is 0.171. The molecule has 2 unspecified atom stereocenters. The third-order valence-electron chi connectivity index (χ3n) is 3.86. The number of carbonyl (C=O) groups is 2. The summed E-state index contributed by atoms with van der Waals surface area (Å²) in [6, 6.07) is -0.824. The molecule has 142 valence electrons. The molecule has 2 atom stereocenters. The zero-order chi connectivity index (χ0) is 19.2. The molecule has 1 heterocycles. The number of ether oxygens (including phenoxy) is 2. The highest BCUT2D eigenvalue weighted by Crippen LogP contribution is 2.30. The lowest BCUT2D eigenvalue weighted by atomic mass is 10.1. The van der Waals surface area contributed by atoms with E-state index in [1.54, 1.807) is 38.9 Å². The van der Waals surface area contributed by atoms with Crippen LogP contribution in [0.4, 0.5) is 4.79 Å². The summed E-state index contributed by atoms with van der Waals surface area (Å²) >= 11 is 0. The van der Waals surface area contributed by atoms with E-state index in [1.165, 1.54) is 0 Å². The Morgan fingerprint density at radius 1 is 1.32 bits per heavy atom. The van der Waals surface area contributed by atoms with Gasteiger partial charge < -0.3 is 19.7 Å². The van der Waals surface area contributed by atoms with Crippen LogP contribution in [0, 0.1) is 0 Å². The van der Waals surface area contributed by atoms with Crippen LogP contribution in [0.3, 0.4) is 0 Å². The molecule has 0 bridgehead atoms. The van der Waals surface area contributed by atoms with Crippen LogP contribution < -0.4 is 5.32 Å². The van der Waals surface area contributed by atoms with Gasteiger partial charge in [0.1, 0.15) is 17.4 Å². The second-order valence-electron chi connectivity index (χ2n) is 7.24. The van der Waals surface area contributed by atoms with Gasteiger partial charge in [-0.15, -0.1) is 0 Å². The number of nitrogens with zero attached hydrogens (tertiary/aromatic N) is 1. The van der Waals surface area contributed by atoms with E-state index in [0.29, 0.717) is 12.1 Å². The second-order valence-corrected chi connectivity index (χ2v) is 7.24. The van der Waals surface area contributed by atoms with Crippen molar-refractivity contribution in [1.29, 1.82) is 0 Å². The molecule has 1 rings (SSSR count). The lowest BCUT2D eigenvalue weighted by molar-refractivity contribution is -0.133. The van der Waals surface area contributed by atoms with Crippen LogP contribution in [-0.4, -0.2) is 41.7 Å². The first-order chi connectivity index (χ1) is 11.6. The standard InChI is InChI=1S/C19H32N2O4/c1-8-10-14(20-18(23)25-19(4,5)6)17(22)21-13(3)12-16(24-7)15(21)11-9-2/h12,14-15H,3,8-11H2,1-2,4-7H3,(H,20,23). The first-order valence-corrected chi connectivity index (χ1v) is 8.91. The van der Waals surface area contributed by atoms with E-state index in [-0.39, 0.29) is 11.9 Å². The zero-order valence-electron chi connectivity index (χ0n) is 16.3. The number of hydrogen-bond acceptors (Lipinski definition) is 4. The predicted molar refractivity (Wildman–Crippen MR) is 97.8 cm³/mol. The van der Waals surface area contributed by atoms with Gasteiger partial charge in [0.15, 0.2) is 0 Å². The largest absolute Gasteiger partial charge is 0.499 e. The molecule has 0 aromatic carbocycles. The van der Waals surface area contributed by atoms with Gasteiger partial charge in [0.2, 0.25) is 5.91 Å². The van der Waals surface area contributed by atoms with Crippen LogP contribution in [0.15, 0.2) is 24.1 Å². The van der Waals surface area contributed by atoms with Crippen LogP contribution >= 0.6 is 0 Å². The molecule has 1 aliphatic rings. The maximum Gasteiger partial charge on any atom is 0.408 e. The molecular formula is C19H32N2O4. The maximum absolute atomic E-state index is 13.1. The number of nitrogens with one attached hydrogen (secondary N) is 1. The fraction of sp³-hybridized carbons (Fsp3) is 0.684. The van der Waals surface area contributed by atoms with Crippen molar-refractivity contribution in [2.45, 2.75) is 78.0 Å². The lowest BCUT2D eigenvalue weighted by Crippen LogP contribution is -2.51. The summed E-state index contributed by atoms with van der Waals surface area (Å²) in [6.07, 6.45) is 4.17. The maximum atomic E-state index is 13.1. The van der Waals surface area contributed by atoms with Crippen molar-refractivity contribution in [2.24, 2.45) is 0 Å². The molecule has 1 aliphatic heterocycles. The van der Waals surface area contributed by atoms with Gasteiger partial charge in [-0.3, -0.25) is 4.79 Å². The normalized spacial score (nSPS) is 18.6. The Hall–Kier alpha value is -1.98. The molecule has 0 fully saturated rings. The number of carbonyl (C=O) groups excluding carboxylic acids is 2. The number of hydrogen-bond donors (Lipinski definition) is 1. The Morgan fingerprint density at radius 2 is 1.96 bits per heavy atom. The van der Waals surface area contributed by atoms with E-state index in [0.717, 1.165) is 25.0 Å². The molecule has 25 heavy (non-hydrogen) atoms. The Balaban J connectivity index is 2.94. The fourth-order valence-electron chi connectivity index (χ4n) is 2.86. The van der Waals surface area contributed by atoms with Gasteiger partial charge in [-0.2, -0.15) is 0 Å². The summed E-state index contributed by atoms with van der Waals surface area (Å²) in [5.41, 5.74) is -0.0242. The van der Waals surface area contributed by atoms with Crippen LogP contribution in [0.25, 0.3) is 0 Å². The number of rotatable bonds is 7. The van der Waals surface area contributed by atoms with Crippen molar-refractivity contribution < 1.29 is 19.1 Å². The van der Waals surface area contributed by atoms with Crippen LogP contribution in [-0.2, 0) is 14.3 Å². The minimum Gasteiger partial charge on any atom is -0.499 e. The van der Waals surface area contributed by atoms with E-state index in [9.17, 15) is 9.59 Å². The summed E-state index contributed by atoms with van der Waals surface area (Å²) < 4.78 is 10.7. The van der Waals surface area contributed by atoms with E-state index in [4.69, 9.17) is 9.47 Å². The lowest BCUT2D eigenvalue weighted by Gasteiger charge is -2.31. The van der Waals surface area contributed by atoms with Crippen molar-refractivity contribution in [1.82, 2.24) is 10.2 Å². The number of methoxy groups -OCH3 is 1. The summed E-state index contributed by atoms with van der Waals surface area (Å²) in [6.45, 7) is 13.4. The van der Waals surface area contributed by atoms with Gasteiger partial charge in [0, 0.05) is 11.8 Å². The van der Waals surface area contributed by atoms with Crippen molar-refractivity contribution in [3.63, 3.8) is 0 Å². The summed E-state index contributed by atoms with van der Waals surface area (Å²) in [5, 5.41) is 2.71. The number of allylic oxidation sites excluding steroid dienone is 1. The topological polar surface area (TPSA) is 67.9 Å². The van der Waals surface area contributed by atoms with E-state index in [1.807, 2.05) is 6.92 Å². The van der Waals surface area contributed by atoms with Gasteiger partial charge >= 0.3 is 6.09 Å². The molecule has 1 N–H and O–H groups in total. The van der Waals surface area contributed by atoms with Crippen molar-refractivity contribution in [3.8, 4) is 0 Å². The SMILES string of the molecule is C=C1C=C(OC)C(CCC)N1C(=O)C(CCC)NC(=O)OC(C)(C)C. The highest BCUT2D eigenvalue weighted by molar-refractivity contribution is 5.88. The first kappa shape index (κ1) is 21.1. The van der Waals surface area contributed by atoms with Gasteiger partial charge in [-0.25, -0.2) is 4.79 Å². The summed E-state index contributed by atoms with van der Waals surface area (Å²) in [4.78, 5) is 26.8. The van der Waals surface area contributed by atoms with Crippen LogP contribution in [0.5, 0.6) is 0 Å². The highest BCUT2D eigenvalue weighted by atomic mass is 16.6. The second kappa shape index (κ2) is 8.92. The zero-order valence-corrected chi connectivity index (χ0v) is 16.3. The monoisotopic (exact) mass is 352 g/mol. The molecule has 0 saturated heterocycles. The van der Waals surface area contributed by atoms with Crippen molar-refractivity contribution in [3.05, 3.63) is 24.1 Å². The first-order valence-electron chi connectivity index (χ1n) is 8.91. The molecule has 0 aromatic rings. The Bertz CT molecular complexity index is 534. The molecule has 6 heteroatoms. The Labute approximate surface area is 151 Å². The van der Waals surface area contributed by atoms with Crippen LogP contribution in [0.2, 0.25) is 0 Å². The summed E-state index contributed by atoms with van der Waals surface area (Å²) in [5.74, 6) is 0.548. The molecular weight excluding hydrogens is 320 g/mol. The highest BCUT2D eigenvalue weighted by Gasteiger charge is 2.38. The number of alkyl carbamates (subject to hydrolysis) is 1. The van der Waals surface area contributed by atoms with E-state index >= 15 is 0 Å². The molecule has 0 spiro atoms. The Morgan fingerprint density at radius 3 is 2.44 bits per heavy atom. The molecule has 6 nitrogen and oxygen atoms in total. The average Bonchev–Trinajstić information content (AvgIpc) is 2.80. The molecule has 0 radical (unpaired) electrons. The molecule has 2 amide bonds. The molecule has 0 aromatic heterocycles. The quantitative estimate of drug-likeness (QED) is 0.758. The van der Waals surface area contributed by atoms with Gasteiger partial charge in [0.25, 0.3) is 0 Å². The van der Waals surface area contributed by atoms with Crippen molar-refractivity contribution >= 4 is 12.0 Å². The molecule has 0 aliphatic carbocycles. The van der Waals surface area contributed by atoms with Crippen molar-refractivity contribution in [2.75, 3.05) is 7.11 Å². The van der Waals surface area contributed by atoms with Gasteiger partial charge in [0.05, 0.1) is 13.2 Å². The summed E-state index contributed by atoms with van der Waals surface area (Å²) in [7, 11) is 1.60. The van der Waals surface area contributed by atoms with Crippen LogP contribution in [0.1, 0.15) is 60.3 Å². The predicted octanol–water partition coefficient (Wildman–Crippen LogP) is 3.73. The Kier molecular flexibility index (Phi) is 7.52. The number of amides is 2. The smallest absolute Gasteiger partial charge is 0.408 e. The van der Waals surface area contributed by atoms with Gasteiger partial charge in [-0.05, 0) is 33.6 Å². The molecule has 0 saturated carbocycles. The third-order valence-corrected chi connectivity index (χ3v) is 3.86. The third kappa shape index (κ3) is 5.80. The minimum atomic E-state index is -0.652. The van der Waals surface area contributed by atoms with E-state index in [2.05, 4.69) is 18.8 Å². The fourth-order valence-corrected chi connectivity index (χ4v) is 2.86.